The van der Waals surface area contributed by atoms with Gasteiger partial charge in [0.15, 0.2) is 0 Å². The van der Waals surface area contributed by atoms with E-state index < -0.39 is 0 Å². The molecule has 1 aliphatic rings. The molecule has 0 aromatic carbocycles. The summed E-state index contributed by atoms with van der Waals surface area (Å²) in [5.41, 5.74) is 1.23. The highest BCUT2D eigenvalue weighted by Gasteiger charge is 2.16. The number of nitrogens with one attached hydrogen (secondary N) is 3. The van der Waals surface area contributed by atoms with Gasteiger partial charge in [0.05, 0.1) is 11.0 Å². The summed E-state index contributed by atoms with van der Waals surface area (Å²) in [4.78, 5) is 8.46. The van der Waals surface area contributed by atoms with Crippen LogP contribution in [-0.2, 0) is 0 Å². The van der Waals surface area contributed by atoms with Gasteiger partial charge in [-0.15, -0.1) is 11.3 Å². The molecular formula is C12H15N5S. The summed E-state index contributed by atoms with van der Waals surface area (Å²) < 4.78 is 0. The molecule has 0 radical (unpaired) electrons. The summed E-state index contributed by atoms with van der Waals surface area (Å²) in [7, 11) is 0. The number of nitrogens with zero attached hydrogens (tertiary/aromatic N) is 2. The molecule has 1 fully saturated rings. The highest BCUT2D eigenvalue weighted by Crippen LogP contribution is 2.25. The first-order chi connectivity index (χ1) is 8.81. The van der Waals surface area contributed by atoms with Crippen LogP contribution in [0.25, 0.3) is 0 Å². The molecule has 2 aromatic rings. The van der Waals surface area contributed by atoms with Gasteiger partial charge in [-0.3, -0.25) is 0 Å². The SMILES string of the molecule is Cc1ccsc1Nc1cc(NC2CNC2)ncn1. The van der Waals surface area contributed by atoms with Crippen molar-refractivity contribution in [2.24, 2.45) is 0 Å². The number of hydrogen-bond donors (Lipinski definition) is 3. The van der Waals surface area contributed by atoms with Crippen molar-refractivity contribution in [3.05, 3.63) is 29.4 Å². The molecule has 3 N–H and O–H groups in total. The summed E-state index contributed by atoms with van der Waals surface area (Å²) in [5.74, 6) is 1.69. The lowest BCUT2D eigenvalue weighted by molar-refractivity contribution is 0.471. The fourth-order valence-corrected chi connectivity index (χ4v) is 2.55. The fraction of sp³-hybridized carbons (Fsp3) is 0.333. The van der Waals surface area contributed by atoms with Crippen LogP contribution in [0.3, 0.4) is 0 Å². The van der Waals surface area contributed by atoms with Gasteiger partial charge in [0.25, 0.3) is 0 Å². The molecule has 1 aliphatic heterocycles. The molecule has 5 nitrogen and oxygen atoms in total. The van der Waals surface area contributed by atoms with E-state index in [1.807, 2.05) is 6.07 Å². The Kier molecular flexibility index (Phi) is 3.12. The second-order valence-corrected chi connectivity index (χ2v) is 5.26. The Hall–Kier alpha value is -1.66. The fourth-order valence-electron chi connectivity index (χ4n) is 1.72. The van der Waals surface area contributed by atoms with Crippen molar-refractivity contribution < 1.29 is 0 Å². The van der Waals surface area contributed by atoms with E-state index in [0.717, 1.165) is 29.7 Å². The second kappa shape index (κ2) is 4.91. The molecule has 0 bridgehead atoms. The molecule has 0 atom stereocenters. The number of aromatic nitrogens is 2. The molecule has 18 heavy (non-hydrogen) atoms. The molecule has 0 unspecified atom stereocenters. The Morgan fingerprint density at radius 1 is 1.33 bits per heavy atom. The maximum Gasteiger partial charge on any atom is 0.136 e. The first-order valence-electron chi connectivity index (χ1n) is 5.92. The number of rotatable bonds is 4. The van der Waals surface area contributed by atoms with Crippen LogP contribution in [0.4, 0.5) is 16.6 Å². The van der Waals surface area contributed by atoms with Crippen molar-refractivity contribution in [3.63, 3.8) is 0 Å². The number of aryl methyl sites for hydroxylation is 1. The smallest absolute Gasteiger partial charge is 0.136 e. The second-order valence-electron chi connectivity index (χ2n) is 4.35. The molecule has 0 amide bonds. The Morgan fingerprint density at radius 2 is 2.17 bits per heavy atom. The van der Waals surface area contributed by atoms with Gasteiger partial charge in [0, 0.05) is 19.2 Å². The zero-order chi connectivity index (χ0) is 12.4. The zero-order valence-corrected chi connectivity index (χ0v) is 10.9. The first kappa shape index (κ1) is 11.4. The van der Waals surface area contributed by atoms with E-state index in [0.29, 0.717) is 6.04 Å². The Labute approximate surface area is 110 Å². The van der Waals surface area contributed by atoms with Crippen LogP contribution in [0.2, 0.25) is 0 Å². The summed E-state index contributed by atoms with van der Waals surface area (Å²) in [5, 5.41) is 13.1. The normalized spacial score (nSPS) is 15.2. The molecule has 2 aromatic heterocycles. The molecular weight excluding hydrogens is 246 g/mol. The van der Waals surface area contributed by atoms with Crippen LogP contribution in [0.15, 0.2) is 23.8 Å². The van der Waals surface area contributed by atoms with Gasteiger partial charge >= 0.3 is 0 Å². The number of anilines is 3. The van der Waals surface area contributed by atoms with Crippen LogP contribution >= 0.6 is 11.3 Å². The predicted octanol–water partition coefficient (Wildman–Crippen LogP) is 1.97. The van der Waals surface area contributed by atoms with Crippen LogP contribution < -0.4 is 16.0 Å². The lowest BCUT2D eigenvalue weighted by Gasteiger charge is -2.28. The quantitative estimate of drug-likeness (QED) is 0.785. The maximum absolute atomic E-state index is 4.24. The van der Waals surface area contributed by atoms with Crippen molar-refractivity contribution in [1.82, 2.24) is 15.3 Å². The van der Waals surface area contributed by atoms with Crippen molar-refractivity contribution >= 4 is 28.0 Å². The summed E-state index contributed by atoms with van der Waals surface area (Å²) >= 11 is 1.68. The Morgan fingerprint density at radius 3 is 2.83 bits per heavy atom. The summed E-state index contributed by atoms with van der Waals surface area (Å²) in [6, 6.07) is 4.52. The van der Waals surface area contributed by atoms with E-state index in [2.05, 4.69) is 44.3 Å². The Balaban J connectivity index is 1.72. The highest BCUT2D eigenvalue weighted by atomic mass is 32.1. The molecule has 94 valence electrons. The Bertz CT molecular complexity index is 535. The van der Waals surface area contributed by atoms with Gasteiger partial charge in [-0.05, 0) is 23.9 Å². The molecule has 0 saturated carbocycles. The minimum atomic E-state index is 0.483. The highest BCUT2D eigenvalue weighted by molar-refractivity contribution is 7.14. The van der Waals surface area contributed by atoms with E-state index in [4.69, 9.17) is 0 Å². The van der Waals surface area contributed by atoms with Gasteiger partial charge in [0.1, 0.15) is 18.0 Å². The lowest BCUT2D eigenvalue weighted by Crippen LogP contribution is -2.51. The van der Waals surface area contributed by atoms with Crippen LogP contribution in [0.5, 0.6) is 0 Å². The topological polar surface area (TPSA) is 61.9 Å². The average molecular weight is 261 g/mol. The first-order valence-corrected chi connectivity index (χ1v) is 6.79. The molecule has 0 aliphatic carbocycles. The van der Waals surface area contributed by atoms with E-state index in [1.165, 1.54) is 5.56 Å². The molecule has 3 rings (SSSR count). The van der Waals surface area contributed by atoms with Gasteiger partial charge in [-0.2, -0.15) is 0 Å². The van der Waals surface area contributed by atoms with E-state index in [-0.39, 0.29) is 0 Å². The van der Waals surface area contributed by atoms with Crippen LogP contribution in [-0.4, -0.2) is 29.1 Å². The minimum Gasteiger partial charge on any atom is -0.365 e. The predicted molar refractivity (Wildman–Crippen MR) is 74.7 cm³/mol. The molecule has 3 heterocycles. The minimum absolute atomic E-state index is 0.483. The van der Waals surface area contributed by atoms with Crippen LogP contribution in [0, 0.1) is 6.92 Å². The molecule has 6 heteroatoms. The third-order valence-corrected chi connectivity index (χ3v) is 3.84. The zero-order valence-electron chi connectivity index (χ0n) is 10.1. The van der Waals surface area contributed by atoms with Gasteiger partial charge in [-0.25, -0.2) is 9.97 Å². The molecule has 0 spiro atoms. The van der Waals surface area contributed by atoms with Crippen molar-refractivity contribution in [2.45, 2.75) is 13.0 Å². The maximum atomic E-state index is 4.24. The monoisotopic (exact) mass is 261 g/mol. The van der Waals surface area contributed by atoms with Crippen molar-refractivity contribution in [2.75, 3.05) is 23.7 Å². The van der Waals surface area contributed by atoms with E-state index in [1.54, 1.807) is 17.7 Å². The lowest BCUT2D eigenvalue weighted by atomic mass is 10.2. The van der Waals surface area contributed by atoms with Crippen LogP contribution in [0.1, 0.15) is 5.56 Å². The molecule has 1 saturated heterocycles. The third-order valence-electron chi connectivity index (χ3n) is 2.90. The van der Waals surface area contributed by atoms with Gasteiger partial charge in [0.2, 0.25) is 0 Å². The number of hydrogen-bond acceptors (Lipinski definition) is 6. The van der Waals surface area contributed by atoms with E-state index in [9.17, 15) is 0 Å². The largest absolute Gasteiger partial charge is 0.365 e. The average Bonchev–Trinajstić information content (AvgIpc) is 2.71. The van der Waals surface area contributed by atoms with E-state index >= 15 is 0 Å². The van der Waals surface area contributed by atoms with Gasteiger partial charge < -0.3 is 16.0 Å². The van der Waals surface area contributed by atoms with Crippen molar-refractivity contribution in [1.29, 1.82) is 0 Å². The standard InChI is InChI=1S/C12H15N5S/c1-8-2-3-18-12(8)17-11-4-10(14-7-15-11)16-9-5-13-6-9/h2-4,7,9,13H,5-6H2,1H3,(H2,14,15,16,17). The third kappa shape index (κ3) is 2.44. The van der Waals surface area contributed by atoms with Crippen molar-refractivity contribution in [3.8, 4) is 0 Å². The van der Waals surface area contributed by atoms with Gasteiger partial charge in [-0.1, -0.05) is 0 Å². The number of thiophene rings is 1. The summed E-state index contributed by atoms with van der Waals surface area (Å²) in [6.07, 6.45) is 1.58. The summed E-state index contributed by atoms with van der Waals surface area (Å²) in [6.45, 7) is 4.08.